The molecule has 168 valence electrons. The summed E-state index contributed by atoms with van der Waals surface area (Å²) in [5.74, 6) is -0.590. The van der Waals surface area contributed by atoms with Crippen molar-refractivity contribution < 1.29 is 9.18 Å². The summed E-state index contributed by atoms with van der Waals surface area (Å²) in [6, 6.07) is 16.0. The first-order valence-corrected chi connectivity index (χ1v) is 11.9. The number of thiazole rings is 1. The molecular formula is C25H24FN5OS. The van der Waals surface area contributed by atoms with Gasteiger partial charge in [-0.15, -0.1) is 11.3 Å². The van der Waals surface area contributed by atoms with Crippen LogP contribution in [-0.4, -0.2) is 33.5 Å². The van der Waals surface area contributed by atoms with E-state index in [1.165, 1.54) is 25.0 Å². The van der Waals surface area contributed by atoms with E-state index in [0.717, 1.165) is 29.5 Å². The van der Waals surface area contributed by atoms with Crippen LogP contribution in [-0.2, 0) is 13.1 Å². The number of benzene rings is 2. The minimum Gasteiger partial charge on any atom is -0.348 e. The Balaban J connectivity index is 1.38. The Hall–Kier alpha value is -3.52. The highest BCUT2D eigenvalue weighted by Crippen LogP contribution is 2.27. The fraction of sp³-hybridized carbons (Fsp3) is 0.240. The molecule has 0 spiro atoms. The molecule has 1 fully saturated rings. The average molecular weight is 462 g/mol. The van der Waals surface area contributed by atoms with Crippen molar-refractivity contribution in [3.05, 3.63) is 95.3 Å². The van der Waals surface area contributed by atoms with Crippen molar-refractivity contribution in [2.24, 2.45) is 0 Å². The largest absolute Gasteiger partial charge is 0.348 e. The van der Waals surface area contributed by atoms with Crippen LogP contribution in [0.1, 0.15) is 34.6 Å². The molecule has 1 saturated heterocycles. The molecule has 1 amide bonds. The number of aromatic nitrogens is 3. The van der Waals surface area contributed by atoms with Crippen molar-refractivity contribution in [1.82, 2.24) is 14.5 Å². The minimum absolute atomic E-state index is 0.246. The normalized spacial score (nSPS) is 13.4. The van der Waals surface area contributed by atoms with E-state index in [-0.39, 0.29) is 11.7 Å². The molecule has 2 aromatic heterocycles. The van der Waals surface area contributed by atoms with Gasteiger partial charge in [0.15, 0.2) is 5.13 Å². The first kappa shape index (κ1) is 21.3. The number of amides is 1. The lowest BCUT2D eigenvalue weighted by atomic mass is 10.2. The molecule has 0 atom stereocenters. The number of nitrogens with zero attached hydrogens (tertiary/aromatic N) is 5. The van der Waals surface area contributed by atoms with Crippen LogP contribution in [0.3, 0.4) is 0 Å². The summed E-state index contributed by atoms with van der Waals surface area (Å²) in [5, 5.41) is 2.98. The van der Waals surface area contributed by atoms with Crippen LogP contribution < -0.4 is 9.80 Å². The number of rotatable bonds is 7. The van der Waals surface area contributed by atoms with Gasteiger partial charge in [-0.1, -0.05) is 30.3 Å². The van der Waals surface area contributed by atoms with Gasteiger partial charge in [-0.25, -0.2) is 14.4 Å². The van der Waals surface area contributed by atoms with Crippen molar-refractivity contribution in [2.75, 3.05) is 22.9 Å². The highest BCUT2D eigenvalue weighted by Gasteiger charge is 2.23. The number of halogens is 1. The number of hydrogen-bond donors (Lipinski definition) is 0. The lowest BCUT2D eigenvalue weighted by molar-refractivity contribution is 0.0980. The SMILES string of the molecule is O=C(c1cn(Cc2ccccc2)cn1)N(Cc1csc(N2CCCC2)n1)c1ccc(F)cc1. The van der Waals surface area contributed by atoms with Gasteiger partial charge >= 0.3 is 0 Å². The molecule has 0 unspecified atom stereocenters. The molecule has 2 aromatic carbocycles. The maximum atomic E-state index is 13.6. The Bertz CT molecular complexity index is 1220. The molecule has 1 aliphatic heterocycles. The predicted octanol–water partition coefficient (Wildman–Crippen LogP) is 4.97. The predicted molar refractivity (Wildman–Crippen MR) is 128 cm³/mol. The van der Waals surface area contributed by atoms with Crippen LogP contribution >= 0.6 is 11.3 Å². The summed E-state index contributed by atoms with van der Waals surface area (Å²) in [4.78, 5) is 26.5. The van der Waals surface area contributed by atoms with Crippen LogP contribution in [0.5, 0.6) is 0 Å². The quantitative estimate of drug-likeness (QED) is 0.390. The average Bonchev–Trinajstić information content (AvgIpc) is 3.60. The van der Waals surface area contributed by atoms with Gasteiger partial charge < -0.3 is 14.4 Å². The molecule has 3 heterocycles. The molecular weight excluding hydrogens is 437 g/mol. The molecule has 33 heavy (non-hydrogen) atoms. The zero-order chi connectivity index (χ0) is 22.6. The molecule has 8 heteroatoms. The lowest BCUT2D eigenvalue weighted by Crippen LogP contribution is -2.31. The van der Waals surface area contributed by atoms with E-state index in [0.29, 0.717) is 24.5 Å². The van der Waals surface area contributed by atoms with Crippen molar-refractivity contribution >= 4 is 28.1 Å². The number of anilines is 2. The second-order valence-corrected chi connectivity index (χ2v) is 8.94. The fourth-order valence-electron chi connectivity index (χ4n) is 3.98. The monoisotopic (exact) mass is 461 g/mol. The Morgan fingerprint density at radius 2 is 1.82 bits per heavy atom. The summed E-state index contributed by atoms with van der Waals surface area (Å²) < 4.78 is 15.4. The molecule has 0 bridgehead atoms. The van der Waals surface area contributed by atoms with Gasteiger partial charge in [-0.05, 0) is 42.7 Å². The topological polar surface area (TPSA) is 54.3 Å². The van der Waals surface area contributed by atoms with E-state index in [1.54, 1.807) is 40.9 Å². The van der Waals surface area contributed by atoms with Crippen molar-refractivity contribution in [2.45, 2.75) is 25.9 Å². The number of imidazole rings is 1. The summed E-state index contributed by atoms with van der Waals surface area (Å²) in [5.41, 5.74) is 2.88. The smallest absolute Gasteiger partial charge is 0.278 e. The van der Waals surface area contributed by atoms with Crippen LogP contribution in [0.15, 0.2) is 72.5 Å². The van der Waals surface area contributed by atoms with E-state index in [4.69, 9.17) is 4.98 Å². The van der Waals surface area contributed by atoms with Crippen molar-refractivity contribution in [3.63, 3.8) is 0 Å². The highest BCUT2D eigenvalue weighted by molar-refractivity contribution is 7.13. The van der Waals surface area contributed by atoms with Crippen molar-refractivity contribution in [1.29, 1.82) is 0 Å². The van der Waals surface area contributed by atoms with Crippen LogP contribution in [0, 0.1) is 5.82 Å². The third-order valence-electron chi connectivity index (χ3n) is 5.68. The number of hydrogen-bond acceptors (Lipinski definition) is 5. The summed E-state index contributed by atoms with van der Waals surface area (Å²) in [6.45, 7) is 2.96. The maximum absolute atomic E-state index is 13.6. The Labute approximate surface area is 195 Å². The minimum atomic E-state index is -0.344. The Kier molecular flexibility index (Phi) is 6.17. The van der Waals surface area contributed by atoms with Gasteiger partial charge in [0, 0.05) is 36.9 Å². The molecule has 0 radical (unpaired) electrons. The first-order chi connectivity index (χ1) is 16.2. The van der Waals surface area contributed by atoms with E-state index in [9.17, 15) is 9.18 Å². The Morgan fingerprint density at radius 1 is 1.06 bits per heavy atom. The molecule has 0 saturated carbocycles. The molecule has 5 rings (SSSR count). The standard InChI is InChI=1S/C25H24FN5OS/c26-20-8-10-22(11-9-20)31(15-21-17-33-25(28-21)30-12-4-5-13-30)24(32)23-16-29(18-27-23)14-19-6-2-1-3-7-19/h1-3,6-11,16-18H,4-5,12-15H2. The second kappa shape index (κ2) is 9.54. The fourth-order valence-corrected chi connectivity index (χ4v) is 4.85. The van der Waals surface area contributed by atoms with Gasteiger partial charge in [0.2, 0.25) is 0 Å². The van der Waals surface area contributed by atoms with Gasteiger partial charge in [0.25, 0.3) is 5.91 Å². The summed E-state index contributed by atoms with van der Waals surface area (Å²) in [6.07, 6.45) is 5.78. The molecule has 0 N–H and O–H groups in total. The molecule has 4 aromatic rings. The highest BCUT2D eigenvalue weighted by atomic mass is 32.1. The number of carbonyl (C=O) groups excluding carboxylic acids is 1. The van der Waals surface area contributed by atoms with E-state index >= 15 is 0 Å². The van der Waals surface area contributed by atoms with Gasteiger partial charge in [-0.3, -0.25) is 4.79 Å². The molecule has 6 nitrogen and oxygen atoms in total. The van der Waals surface area contributed by atoms with Crippen LogP contribution in [0.2, 0.25) is 0 Å². The zero-order valence-electron chi connectivity index (χ0n) is 18.1. The van der Waals surface area contributed by atoms with Gasteiger partial charge in [0.1, 0.15) is 11.5 Å². The molecule has 0 aliphatic carbocycles. The third-order valence-corrected chi connectivity index (χ3v) is 6.63. The van der Waals surface area contributed by atoms with E-state index in [2.05, 4.69) is 9.88 Å². The zero-order valence-corrected chi connectivity index (χ0v) is 18.9. The van der Waals surface area contributed by atoms with Crippen molar-refractivity contribution in [3.8, 4) is 0 Å². The third kappa shape index (κ3) is 4.96. The van der Waals surface area contributed by atoms with Crippen LogP contribution in [0.25, 0.3) is 0 Å². The molecule has 1 aliphatic rings. The summed E-state index contributed by atoms with van der Waals surface area (Å²) >= 11 is 1.60. The van der Waals surface area contributed by atoms with Crippen LogP contribution in [0.4, 0.5) is 15.2 Å². The second-order valence-electron chi connectivity index (χ2n) is 8.10. The van der Waals surface area contributed by atoms with E-state index in [1.807, 2.05) is 40.3 Å². The lowest BCUT2D eigenvalue weighted by Gasteiger charge is -2.21. The Morgan fingerprint density at radius 3 is 2.58 bits per heavy atom. The number of carbonyl (C=O) groups is 1. The maximum Gasteiger partial charge on any atom is 0.278 e. The van der Waals surface area contributed by atoms with E-state index < -0.39 is 0 Å². The summed E-state index contributed by atoms with van der Waals surface area (Å²) in [7, 11) is 0. The van der Waals surface area contributed by atoms with Gasteiger partial charge in [0.05, 0.1) is 18.6 Å². The van der Waals surface area contributed by atoms with Gasteiger partial charge in [-0.2, -0.15) is 0 Å². The first-order valence-electron chi connectivity index (χ1n) is 11.0.